The van der Waals surface area contributed by atoms with Crippen molar-refractivity contribution in [1.29, 1.82) is 5.26 Å². The molecule has 23 heavy (non-hydrogen) atoms. The lowest BCUT2D eigenvalue weighted by Crippen LogP contribution is -2.15. The molecule has 0 amide bonds. The summed E-state index contributed by atoms with van der Waals surface area (Å²) in [4.78, 5) is 0. The number of hydrogen-bond acceptors (Lipinski definition) is 1. The zero-order chi connectivity index (χ0) is 16.7. The monoisotopic (exact) mass is 321 g/mol. The average molecular weight is 321 g/mol. The Kier molecular flexibility index (Phi) is 6.70. The number of rotatable bonds is 6. The Labute approximate surface area is 135 Å². The van der Waals surface area contributed by atoms with Crippen LogP contribution < -0.4 is 0 Å². The minimum absolute atomic E-state index is 0.609. The van der Waals surface area contributed by atoms with Crippen molar-refractivity contribution in [2.24, 2.45) is 11.8 Å². The van der Waals surface area contributed by atoms with Crippen LogP contribution >= 0.6 is 0 Å². The van der Waals surface area contributed by atoms with Crippen LogP contribution in [0.2, 0.25) is 0 Å². The predicted molar refractivity (Wildman–Crippen MR) is 84.2 cm³/mol. The Balaban J connectivity index is 1.68. The molecular formula is C19H22F3N. The lowest BCUT2D eigenvalue weighted by Gasteiger charge is -2.28. The summed E-state index contributed by atoms with van der Waals surface area (Å²) in [5.74, 6) is -1.02. The molecule has 1 aliphatic rings. The summed E-state index contributed by atoms with van der Waals surface area (Å²) in [6.07, 6.45) is 9.25. The smallest absolute Gasteiger partial charge is 0.196 e. The molecule has 1 aliphatic carbocycles. The largest absolute Gasteiger partial charge is 0.204 e. The van der Waals surface area contributed by atoms with Crippen LogP contribution in [0.5, 0.6) is 0 Å². The Morgan fingerprint density at radius 1 is 1.09 bits per heavy atom. The van der Waals surface area contributed by atoms with Gasteiger partial charge >= 0.3 is 0 Å². The number of benzene rings is 1. The summed E-state index contributed by atoms with van der Waals surface area (Å²) in [6.45, 7) is 0. The molecule has 0 N–H and O–H groups in total. The number of halogens is 3. The third-order valence-corrected chi connectivity index (χ3v) is 4.80. The van der Waals surface area contributed by atoms with Crippen LogP contribution in [-0.2, 0) is 6.42 Å². The highest BCUT2D eigenvalue weighted by atomic mass is 19.2. The molecular weight excluding hydrogens is 299 g/mol. The molecule has 0 aromatic heterocycles. The molecule has 0 atom stereocenters. The van der Waals surface area contributed by atoms with E-state index in [0.29, 0.717) is 18.3 Å². The molecule has 124 valence electrons. The Morgan fingerprint density at radius 2 is 1.74 bits per heavy atom. The second-order valence-corrected chi connectivity index (χ2v) is 6.42. The molecule has 0 saturated heterocycles. The molecule has 0 unspecified atom stereocenters. The lowest BCUT2D eigenvalue weighted by atomic mass is 9.78. The first kappa shape index (κ1) is 17.6. The van der Waals surface area contributed by atoms with E-state index in [1.54, 1.807) is 6.07 Å². The van der Waals surface area contributed by atoms with E-state index >= 15 is 0 Å². The fourth-order valence-corrected chi connectivity index (χ4v) is 3.37. The fourth-order valence-electron chi connectivity index (χ4n) is 3.37. The van der Waals surface area contributed by atoms with Gasteiger partial charge in [0, 0.05) is 0 Å². The molecule has 1 saturated carbocycles. The van der Waals surface area contributed by atoms with Gasteiger partial charge < -0.3 is 0 Å². The summed E-state index contributed by atoms with van der Waals surface area (Å²) in [6, 6.07) is 5.63. The van der Waals surface area contributed by atoms with E-state index in [-0.39, 0.29) is 0 Å². The van der Waals surface area contributed by atoms with Gasteiger partial charge in [-0.15, -0.1) is 0 Å². The van der Waals surface area contributed by atoms with E-state index in [1.165, 1.54) is 24.3 Å². The topological polar surface area (TPSA) is 23.8 Å². The van der Waals surface area contributed by atoms with E-state index in [4.69, 9.17) is 5.26 Å². The zero-order valence-corrected chi connectivity index (χ0v) is 13.2. The normalized spacial score (nSPS) is 21.9. The second kappa shape index (κ2) is 8.76. The van der Waals surface area contributed by atoms with Gasteiger partial charge in [-0.3, -0.25) is 0 Å². The van der Waals surface area contributed by atoms with Gasteiger partial charge in [0.15, 0.2) is 17.5 Å². The maximum atomic E-state index is 13.2. The third-order valence-electron chi connectivity index (χ3n) is 4.80. The van der Waals surface area contributed by atoms with Crippen LogP contribution in [0.4, 0.5) is 13.2 Å². The molecule has 1 fully saturated rings. The highest BCUT2D eigenvalue weighted by Gasteiger charge is 2.20. The van der Waals surface area contributed by atoms with E-state index in [9.17, 15) is 13.2 Å². The summed E-state index contributed by atoms with van der Waals surface area (Å²) in [5, 5.41) is 8.35. The molecule has 0 bridgehead atoms. The molecule has 0 aliphatic heterocycles. The Hall–Kier alpha value is -1.76. The highest BCUT2D eigenvalue weighted by Crippen LogP contribution is 2.34. The van der Waals surface area contributed by atoms with Crippen molar-refractivity contribution in [2.75, 3.05) is 0 Å². The van der Waals surface area contributed by atoms with Crippen molar-refractivity contribution in [2.45, 2.75) is 51.4 Å². The van der Waals surface area contributed by atoms with Gasteiger partial charge in [-0.05, 0) is 61.3 Å². The standard InChI is InChI=1S/C19H22F3N/c20-17(13-23)3-1-2-14-4-6-15(7-5-14)8-9-16-10-11-18(21)19(22)12-16/h3,10-12,14-15H,1-2,4-9H2/b17-3-/t14-,15-. The SMILES string of the molecule is N#C/C(F)=C/CC[C@H]1CC[C@H](CCc2ccc(F)c(F)c2)CC1. The van der Waals surface area contributed by atoms with Gasteiger partial charge in [0.1, 0.15) is 6.07 Å². The van der Waals surface area contributed by atoms with Crippen LogP contribution in [0, 0.1) is 34.8 Å². The molecule has 1 aromatic rings. The Morgan fingerprint density at radius 3 is 2.35 bits per heavy atom. The molecule has 0 heterocycles. The van der Waals surface area contributed by atoms with Crippen molar-refractivity contribution in [3.05, 3.63) is 47.3 Å². The molecule has 1 aromatic carbocycles. The summed E-state index contributed by atoms with van der Waals surface area (Å²) >= 11 is 0. The van der Waals surface area contributed by atoms with Gasteiger partial charge in [0.05, 0.1) is 0 Å². The number of nitrogens with zero attached hydrogens (tertiary/aromatic N) is 1. The third kappa shape index (κ3) is 5.74. The van der Waals surface area contributed by atoms with E-state index in [0.717, 1.165) is 50.5 Å². The van der Waals surface area contributed by atoms with Gasteiger partial charge in [0.25, 0.3) is 0 Å². The minimum atomic E-state index is -0.795. The number of aryl methyl sites for hydroxylation is 1. The van der Waals surface area contributed by atoms with Crippen molar-refractivity contribution in [3.8, 4) is 6.07 Å². The maximum Gasteiger partial charge on any atom is 0.196 e. The van der Waals surface area contributed by atoms with E-state index < -0.39 is 17.5 Å². The first-order chi connectivity index (χ1) is 11.1. The molecule has 1 nitrogen and oxygen atoms in total. The van der Waals surface area contributed by atoms with Crippen LogP contribution in [0.15, 0.2) is 30.1 Å². The average Bonchev–Trinajstić information content (AvgIpc) is 2.57. The quantitative estimate of drug-likeness (QED) is 0.602. The number of nitriles is 1. The van der Waals surface area contributed by atoms with Gasteiger partial charge in [-0.25, -0.2) is 8.78 Å². The second-order valence-electron chi connectivity index (χ2n) is 6.42. The minimum Gasteiger partial charge on any atom is -0.204 e. The molecule has 0 radical (unpaired) electrons. The van der Waals surface area contributed by atoms with Crippen LogP contribution in [0.1, 0.15) is 50.5 Å². The number of allylic oxidation sites excluding steroid dienone is 2. The summed E-state index contributed by atoms with van der Waals surface area (Å²) in [5.41, 5.74) is 0.850. The van der Waals surface area contributed by atoms with E-state index in [1.807, 2.05) is 0 Å². The zero-order valence-electron chi connectivity index (χ0n) is 13.2. The first-order valence-corrected chi connectivity index (χ1v) is 8.28. The van der Waals surface area contributed by atoms with Crippen molar-refractivity contribution >= 4 is 0 Å². The van der Waals surface area contributed by atoms with Gasteiger partial charge in [-0.2, -0.15) is 9.65 Å². The van der Waals surface area contributed by atoms with Crippen LogP contribution in [-0.4, -0.2) is 0 Å². The van der Waals surface area contributed by atoms with Gasteiger partial charge in [0.2, 0.25) is 0 Å². The first-order valence-electron chi connectivity index (χ1n) is 8.28. The number of hydrogen-bond donors (Lipinski definition) is 0. The lowest BCUT2D eigenvalue weighted by molar-refractivity contribution is 0.254. The van der Waals surface area contributed by atoms with Gasteiger partial charge in [-0.1, -0.05) is 31.7 Å². The molecule has 4 heteroatoms. The summed E-state index contributed by atoms with van der Waals surface area (Å²) in [7, 11) is 0. The predicted octanol–water partition coefficient (Wildman–Crippen LogP) is 5.86. The Bertz CT molecular complexity index is 581. The van der Waals surface area contributed by atoms with Crippen molar-refractivity contribution < 1.29 is 13.2 Å². The van der Waals surface area contributed by atoms with Crippen LogP contribution in [0.3, 0.4) is 0 Å². The van der Waals surface area contributed by atoms with Crippen LogP contribution in [0.25, 0.3) is 0 Å². The maximum absolute atomic E-state index is 13.2. The highest BCUT2D eigenvalue weighted by molar-refractivity contribution is 5.17. The van der Waals surface area contributed by atoms with Crippen molar-refractivity contribution in [1.82, 2.24) is 0 Å². The van der Waals surface area contributed by atoms with Crippen molar-refractivity contribution in [3.63, 3.8) is 0 Å². The molecule has 0 spiro atoms. The van der Waals surface area contributed by atoms with E-state index in [2.05, 4.69) is 0 Å². The fraction of sp³-hybridized carbons (Fsp3) is 0.526. The molecule has 2 rings (SSSR count). The summed E-state index contributed by atoms with van der Waals surface area (Å²) < 4.78 is 38.8.